The summed E-state index contributed by atoms with van der Waals surface area (Å²) in [5.41, 5.74) is 0.532. The maximum Gasteiger partial charge on any atom is 0.404 e. The number of ether oxygens (including phenoxy) is 1. The Balaban J connectivity index is 2.54. The first-order valence-electron chi connectivity index (χ1n) is 6.97. The zero-order valence-electron chi connectivity index (χ0n) is 13.0. The molecule has 0 saturated heterocycles. The smallest absolute Gasteiger partial charge is 0.404 e. The molecule has 3 N–H and O–H groups in total. The van der Waals surface area contributed by atoms with Crippen molar-refractivity contribution in [3.8, 4) is 0 Å². The monoisotopic (exact) mass is 315 g/mol. The van der Waals surface area contributed by atoms with Crippen LogP contribution >= 0.6 is 0 Å². The first-order valence-corrected chi connectivity index (χ1v) is 10.7. The number of aliphatic hydroxyl groups is 1. The lowest BCUT2D eigenvalue weighted by Gasteiger charge is -2.20. The molecule has 0 radical (unpaired) electrons. The van der Waals surface area contributed by atoms with E-state index < -0.39 is 26.3 Å². The van der Waals surface area contributed by atoms with Crippen molar-refractivity contribution in [3.63, 3.8) is 0 Å². The summed E-state index contributed by atoms with van der Waals surface area (Å²) < 4.78 is 7.14. The van der Waals surface area contributed by atoms with E-state index in [0.717, 1.165) is 6.04 Å². The molecule has 1 heterocycles. The SMILES string of the molecule is C[C@H](NC(=O)O)C(O)c1ccnn1COCC[Si](C)(C)C. The van der Waals surface area contributed by atoms with Crippen molar-refractivity contribution in [2.75, 3.05) is 6.61 Å². The van der Waals surface area contributed by atoms with Gasteiger partial charge in [-0.15, -0.1) is 0 Å². The Kier molecular flexibility index (Phi) is 6.37. The Bertz CT molecular complexity index is 459. The van der Waals surface area contributed by atoms with Crippen LogP contribution in [0.15, 0.2) is 12.3 Å². The molecule has 0 aliphatic rings. The van der Waals surface area contributed by atoms with Gasteiger partial charge in [-0.05, 0) is 19.0 Å². The second kappa shape index (κ2) is 7.58. The fourth-order valence-electron chi connectivity index (χ4n) is 1.76. The second-order valence-corrected chi connectivity index (χ2v) is 11.9. The predicted octanol–water partition coefficient (Wildman–Crippen LogP) is 1.88. The predicted molar refractivity (Wildman–Crippen MR) is 81.9 cm³/mol. The van der Waals surface area contributed by atoms with E-state index in [-0.39, 0.29) is 6.73 Å². The van der Waals surface area contributed by atoms with E-state index in [1.165, 1.54) is 0 Å². The summed E-state index contributed by atoms with van der Waals surface area (Å²) in [7, 11) is -1.13. The molecule has 1 amide bonds. The van der Waals surface area contributed by atoms with Gasteiger partial charge >= 0.3 is 6.09 Å². The number of carbonyl (C=O) groups is 1. The fraction of sp³-hybridized carbons (Fsp3) is 0.692. The average molecular weight is 315 g/mol. The van der Waals surface area contributed by atoms with Crippen molar-refractivity contribution >= 4 is 14.2 Å². The van der Waals surface area contributed by atoms with Gasteiger partial charge in [-0.3, -0.25) is 0 Å². The number of nitrogens with one attached hydrogen (secondary N) is 1. The maximum atomic E-state index is 10.6. The Hall–Kier alpha value is -1.38. The van der Waals surface area contributed by atoms with Crippen LogP contribution in [-0.4, -0.2) is 46.8 Å². The van der Waals surface area contributed by atoms with Crippen LogP contribution in [0.25, 0.3) is 0 Å². The summed E-state index contributed by atoms with van der Waals surface area (Å²) in [6.45, 7) is 9.34. The van der Waals surface area contributed by atoms with Crippen LogP contribution in [0.2, 0.25) is 25.7 Å². The first kappa shape index (κ1) is 17.7. The van der Waals surface area contributed by atoms with Crippen LogP contribution in [0.4, 0.5) is 4.79 Å². The molecular formula is C13H25N3O4Si. The third-order valence-electron chi connectivity index (χ3n) is 3.09. The molecule has 0 spiro atoms. The van der Waals surface area contributed by atoms with Crippen molar-refractivity contribution in [1.29, 1.82) is 0 Å². The van der Waals surface area contributed by atoms with Gasteiger partial charge in [-0.25, -0.2) is 9.48 Å². The minimum absolute atomic E-state index is 0.254. The van der Waals surface area contributed by atoms with E-state index >= 15 is 0 Å². The highest BCUT2D eigenvalue weighted by Crippen LogP contribution is 2.16. The highest BCUT2D eigenvalue weighted by atomic mass is 28.3. The number of aromatic nitrogens is 2. The third-order valence-corrected chi connectivity index (χ3v) is 4.79. The minimum Gasteiger partial charge on any atom is -0.465 e. The number of hydrogen-bond donors (Lipinski definition) is 3. The number of aliphatic hydroxyl groups excluding tert-OH is 1. The molecule has 0 bridgehead atoms. The molecule has 1 unspecified atom stereocenters. The number of amides is 1. The summed E-state index contributed by atoms with van der Waals surface area (Å²) in [6, 6.07) is 2.09. The molecule has 8 heteroatoms. The quantitative estimate of drug-likeness (QED) is 0.503. The lowest BCUT2D eigenvalue weighted by Crippen LogP contribution is -2.36. The molecule has 120 valence electrons. The highest BCUT2D eigenvalue weighted by Gasteiger charge is 2.21. The number of carboxylic acid groups (broad SMARTS) is 1. The van der Waals surface area contributed by atoms with Gasteiger partial charge in [0.2, 0.25) is 0 Å². The van der Waals surface area contributed by atoms with Gasteiger partial charge in [0.05, 0.1) is 11.7 Å². The lowest BCUT2D eigenvalue weighted by atomic mass is 10.1. The molecule has 0 aromatic carbocycles. The summed E-state index contributed by atoms with van der Waals surface area (Å²) in [4.78, 5) is 10.6. The molecule has 21 heavy (non-hydrogen) atoms. The molecule has 0 aliphatic heterocycles. The molecule has 2 atom stereocenters. The van der Waals surface area contributed by atoms with Crippen LogP contribution in [0.3, 0.4) is 0 Å². The normalized spacial score (nSPS) is 14.7. The van der Waals surface area contributed by atoms with Crippen molar-refractivity contribution in [2.24, 2.45) is 0 Å². The van der Waals surface area contributed by atoms with Crippen molar-refractivity contribution in [2.45, 2.75) is 51.5 Å². The van der Waals surface area contributed by atoms with E-state index in [2.05, 4.69) is 30.1 Å². The van der Waals surface area contributed by atoms with E-state index in [9.17, 15) is 9.90 Å². The van der Waals surface area contributed by atoms with Gasteiger partial charge < -0.3 is 20.3 Å². The van der Waals surface area contributed by atoms with Crippen molar-refractivity contribution < 1.29 is 19.7 Å². The largest absolute Gasteiger partial charge is 0.465 e. The Morgan fingerprint density at radius 3 is 2.76 bits per heavy atom. The molecule has 0 aliphatic carbocycles. The van der Waals surface area contributed by atoms with Gasteiger partial charge in [0, 0.05) is 20.9 Å². The topological polar surface area (TPSA) is 96.6 Å². The fourth-order valence-corrected chi connectivity index (χ4v) is 2.52. The second-order valence-electron chi connectivity index (χ2n) is 6.29. The molecule has 1 rings (SSSR count). The molecule has 7 nitrogen and oxygen atoms in total. The molecule has 0 fully saturated rings. The van der Waals surface area contributed by atoms with Crippen LogP contribution in [0.1, 0.15) is 18.7 Å². The van der Waals surface area contributed by atoms with Crippen LogP contribution in [-0.2, 0) is 11.5 Å². The standard InChI is InChI=1S/C13H25N3O4Si/c1-10(15-13(18)19)12(17)11-5-6-14-16(11)9-20-7-8-21(2,3)4/h5-6,10,12,15,17H,7-9H2,1-4H3,(H,18,19)/t10-,12?/m0/s1. The lowest BCUT2D eigenvalue weighted by molar-refractivity contribution is 0.0618. The summed E-state index contributed by atoms with van der Waals surface area (Å²) in [6.07, 6.45) is -0.573. The summed E-state index contributed by atoms with van der Waals surface area (Å²) in [5, 5.41) is 25.2. The molecular weight excluding hydrogens is 290 g/mol. The minimum atomic E-state index is -1.17. The van der Waals surface area contributed by atoms with E-state index in [1.807, 2.05) is 0 Å². The van der Waals surface area contributed by atoms with E-state index in [4.69, 9.17) is 9.84 Å². The average Bonchev–Trinajstić information content (AvgIpc) is 2.79. The molecule has 1 aromatic heterocycles. The Morgan fingerprint density at radius 1 is 1.52 bits per heavy atom. The highest BCUT2D eigenvalue weighted by molar-refractivity contribution is 6.76. The summed E-state index contributed by atoms with van der Waals surface area (Å²) >= 11 is 0. The first-order chi connectivity index (χ1) is 9.70. The number of rotatable bonds is 8. The maximum absolute atomic E-state index is 10.6. The van der Waals surface area contributed by atoms with Gasteiger partial charge in [0.1, 0.15) is 12.8 Å². The van der Waals surface area contributed by atoms with Crippen LogP contribution < -0.4 is 5.32 Å². The number of hydrogen-bond acceptors (Lipinski definition) is 4. The molecule has 0 saturated carbocycles. The van der Waals surface area contributed by atoms with Gasteiger partial charge in [-0.1, -0.05) is 19.6 Å². The Labute approximate surface area is 125 Å². The van der Waals surface area contributed by atoms with Gasteiger partial charge in [-0.2, -0.15) is 5.10 Å². The zero-order valence-corrected chi connectivity index (χ0v) is 14.0. The van der Waals surface area contributed by atoms with Crippen molar-refractivity contribution in [1.82, 2.24) is 15.1 Å². The van der Waals surface area contributed by atoms with Gasteiger partial charge in [0.15, 0.2) is 0 Å². The van der Waals surface area contributed by atoms with Crippen molar-refractivity contribution in [3.05, 3.63) is 18.0 Å². The van der Waals surface area contributed by atoms with Crippen LogP contribution in [0, 0.1) is 0 Å². The van der Waals surface area contributed by atoms with E-state index in [1.54, 1.807) is 23.9 Å². The van der Waals surface area contributed by atoms with E-state index in [0.29, 0.717) is 12.3 Å². The number of nitrogens with zero attached hydrogens (tertiary/aromatic N) is 2. The molecule has 1 aromatic rings. The van der Waals surface area contributed by atoms with Crippen LogP contribution in [0.5, 0.6) is 0 Å². The third kappa shape index (κ3) is 6.28. The summed E-state index contributed by atoms with van der Waals surface area (Å²) in [5.74, 6) is 0. The Morgan fingerprint density at radius 2 is 2.19 bits per heavy atom. The zero-order chi connectivity index (χ0) is 16.0. The van der Waals surface area contributed by atoms with Gasteiger partial charge in [0.25, 0.3) is 0 Å².